The summed E-state index contributed by atoms with van der Waals surface area (Å²) in [6, 6.07) is 29.5. The van der Waals surface area contributed by atoms with Crippen LogP contribution in [0.25, 0.3) is 21.5 Å². The third kappa shape index (κ3) is 4.52. The molecular weight excluding hydrogens is 424 g/mol. The minimum Gasteiger partial charge on any atom is -0.423 e. The summed E-state index contributed by atoms with van der Waals surface area (Å²) in [5.41, 5.74) is 3.27. The lowest BCUT2D eigenvalue weighted by molar-refractivity contribution is 0.0719. The van der Waals surface area contributed by atoms with Crippen LogP contribution >= 0.6 is 0 Å². The lowest BCUT2D eigenvalue weighted by Crippen LogP contribution is -2.09. The summed E-state index contributed by atoms with van der Waals surface area (Å²) in [7, 11) is 0. The summed E-state index contributed by atoms with van der Waals surface area (Å²) >= 11 is 0. The van der Waals surface area contributed by atoms with E-state index in [0.29, 0.717) is 22.6 Å². The van der Waals surface area contributed by atoms with Gasteiger partial charge in [0.1, 0.15) is 11.5 Å². The first kappa shape index (κ1) is 21.4. The summed E-state index contributed by atoms with van der Waals surface area (Å²) in [6.45, 7) is 4.07. The summed E-state index contributed by atoms with van der Waals surface area (Å²) in [6.07, 6.45) is 0. The molecule has 4 nitrogen and oxygen atoms in total. The average molecular weight is 447 g/mol. The summed E-state index contributed by atoms with van der Waals surface area (Å²) < 4.78 is 11.0. The van der Waals surface area contributed by atoms with Crippen LogP contribution in [0.3, 0.4) is 0 Å². The number of rotatable bonds is 4. The van der Waals surface area contributed by atoms with E-state index in [1.165, 1.54) is 11.1 Å². The van der Waals surface area contributed by atoms with E-state index in [-0.39, 0.29) is 0 Å². The third-order valence-corrected chi connectivity index (χ3v) is 5.71. The second kappa shape index (κ2) is 8.83. The number of benzene rings is 5. The number of ether oxygens (including phenoxy) is 2. The van der Waals surface area contributed by atoms with Crippen molar-refractivity contribution in [3.63, 3.8) is 0 Å². The van der Waals surface area contributed by atoms with E-state index in [1.54, 1.807) is 36.4 Å². The van der Waals surface area contributed by atoms with Crippen molar-refractivity contribution in [1.82, 2.24) is 0 Å². The largest absolute Gasteiger partial charge is 0.423 e. The first-order valence-electron chi connectivity index (χ1n) is 11.0. The van der Waals surface area contributed by atoms with Gasteiger partial charge in [-0.05, 0) is 83.9 Å². The molecule has 5 aromatic carbocycles. The molecule has 0 bridgehead atoms. The molecule has 0 aliphatic rings. The van der Waals surface area contributed by atoms with Crippen LogP contribution in [0.2, 0.25) is 0 Å². The molecule has 0 amide bonds. The summed E-state index contributed by atoms with van der Waals surface area (Å²) in [5, 5.41) is 4.10. The standard InChI is InChI=1S/C30H22O4/c1-19-3-5-23-17-25(9-7-21(23)15-19)29(31)33-27-11-13-28(14-12-27)34-30(32)26-10-8-22-16-20(2)4-6-24(22)18-26/h3-18H,1-2H3. The van der Waals surface area contributed by atoms with Crippen LogP contribution in [0.1, 0.15) is 31.8 Å². The highest BCUT2D eigenvalue weighted by Crippen LogP contribution is 2.23. The van der Waals surface area contributed by atoms with Crippen molar-refractivity contribution in [3.8, 4) is 11.5 Å². The molecule has 0 radical (unpaired) electrons. The fourth-order valence-electron chi connectivity index (χ4n) is 3.89. The Hall–Kier alpha value is -4.44. The summed E-state index contributed by atoms with van der Waals surface area (Å²) in [4.78, 5) is 25.2. The van der Waals surface area contributed by atoms with Crippen LogP contribution in [0.4, 0.5) is 0 Å². The Morgan fingerprint density at radius 3 is 1.24 bits per heavy atom. The molecule has 4 heteroatoms. The van der Waals surface area contributed by atoms with E-state index in [1.807, 2.05) is 62.4 Å². The van der Waals surface area contributed by atoms with E-state index < -0.39 is 11.9 Å². The fourth-order valence-corrected chi connectivity index (χ4v) is 3.89. The lowest BCUT2D eigenvalue weighted by atomic mass is 10.0. The maximum absolute atomic E-state index is 12.6. The topological polar surface area (TPSA) is 52.6 Å². The van der Waals surface area contributed by atoms with Gasteiger partial charge in [0.2, 0.25) is 0 Å². The number of esters is 2. The van der Waals surface area contributed by atoms with Crippen LogP contribution in [0.15, 0.2) is 97.1 Å². The predicted molar refractivity (Wildman–Crippen MR) is 134 cm³/mol. The number of fused-ring (bicyclic) bond motifs is 2. The first-order valence-corrected chi connectivity index (χ1v) is 11.0. The van der Waals surface area contributed by atoms with Gasteiger partial charge in [0.05, 0.1) is 11.1 Å². The number of aryl methyl sites for hydroxylation is 2. The Balaban J connectivity index is 1.26. The minimum atomic E-state index is -0.446. The second-order valence-corrected chi connectivity index (χ2v) is 8.38. The molecule has 0 saturated carbocycles. The maximum Gasteiger partial charge on any atom is 0.343 e. The molecule has 0 unspecified atom stereocenters. The van der Waals surface area contributed by atoms with Gasteiger partial charge in [-0.1, -0.05) is 59.7 Å². The van der Waals surface area contributed by atoms with Crippen molar-refractivity contribution in [2.75, 3.05) is 0 Å². The summed E-state index contributed by atoms with van der Waals surface area (Å²) in [5.74, 6) is -0.151. The molecule has 0 aromatic heterocycles. The quantitative estimate of drug-likeness (QED) is 0.219. The first-order chi connectivity index (χ1) is 16.4. The van der Waals surface area contributed by atoms with Crippen LogP contribution in [0.5, 0.6) is 11.5 Å². The zero-order valence-electron chi connectivity index (χ0n) is 18.9. The van der Waals surface area contributed by atoms with Gasteiger partial charge in [-0.25, -0.2) is 9.59 Å². The molecule has 5 rings (SSSR count). The van der Waals surface area contributed by atoms with Gasteiger partial charge in [0.25, 0.3) is 0 Å². The predicted octanol–water partition coefficient (Wildman–Crippen LogP) is 7.05. The van der Waals surface area contributed by atoms with Gasteiger partial charge in [0, 0.05) is 0 Å². The zero-order chi connectivity index (χ0) is 23.7. The molecule has 0 N–H and O–H groups in total. The van der Waals surface area contributed by atoms with Gasteiger partial charge in [0.15, 0.2) is 0 Å². The van der Waals surface area contributed by atoms with E-state index in [9.17, 15) is 9.59 Å². The molecule has 166 valence electrons. The highest BCUT2D eigenvalue weighted by Gasteiger charge is 2.12. The highest BCUT2D eigenvalue weighted by molar-refractivity contribution is 5.97. The van der Waals surface area contributed by atoms with Gasteiger partial charge < -0.3 is 9.47 Å². The molecule has 34 heavy (non-hydrogen) atoms. The van der Waals surface area contributed by atoms with E-state index >= 15 is 0 Å². The number of carbonyl (C=O) groups excluding carboxylic acids is 2. The molecule has 0 aliphatic carbocycles. The normalized spacial score (nSPS) is 10.9. The number of hydrogen-bond donors (Lipinski definition) is 0. The van der Waals surface area contributed by atoms with E-state index in [0.717, 1.165) is 21.5 Å². The van der Waals surface area contributed by atoms with Crippen LogP contribution in [-0.4, -0.2) is 11.9 Å². The SMILES string of the molecule is Cc1ccc2cc(C(=O)Oc3ccc(OC(=O)c4ccc5cc(C)ccc5c4)cc3)ccc2c1. The minimum absolute atomic E-state index is 0.370. The van der Waals surface area contributed by atoms with Crippen molar-refractivity contribution in [2.45, 2.75) is 13.8 Å². The van der Waals surface area contributed by atoms with Gasteiger partial charge in [-0.3, -0.25) is 0 Å². The van der Waals surface area contributed by atoms with Crippen molar-refractivity contribution >= 4 is 33.5 Å². The highest BCUT2D eigenvalue weighted by atomic mass is 16.5. The van der Waals surface area contributed by atoms with Gasteiger partial charge in [-0.15, -0.1) is 0 Å². The molecule has 0 aliphatic heterocycles. The van der Waals surface area contributed by atoms with Crippen molar-refractivity contribution < 1.29 is 19.1 Å². The van der Waals surface area contributed by atoms with Crippen molar-refractivity contribution in [2.24, 2.45) is 0 Å². The van der Waals surface area contributed by atoms with Crippen LogP contribution < -0.4 is 9.47 Å². The Kier molecular flexibility index (Phi) is 5.56. The van der Waals surface area contributed by atoms with Crippen LogP contribution in [0, 0.1) is 13.8 Å². The molecule has 0 atom stereocenters. The van der Waals surface area contributed by atoms with E-state index in [2.05, 4.69) is 12.1 Å². The molecule has 0 spiro atoms. The number of hydrogen-bond acceptors (Lipinski definition) is 4. The maximum atomic E-state index is 12.6. The molecule has 0 saturated heterocycles. The molecule has 0 heterocycles. The second-order valence-electron chi connectivity index (χ2n) is 8.38. The fraction of sp³-hybridized carbons (Fsp3) is 0.0667. The Bertz CT molecular complexity index is 1430. The zero-order valence-corrected chi connectivity index (χ0v) is 18.9. The Morgan fingerprint density at radius 1 is 0.471 bits per heavy atom. The smallest absolute Gasteiger partial charge is 0.343 e. The Morgan fingerprint density at radius 2 is 0.824 bits per heavy atom. The monoisotopic (exact) mass is 446 g/mol. The Labute approximate surface area is 197 Å². The molecule has 5 aromatic rings. The van der Waals surface area contributed by atoms with E-state index in [4.69, 9.17) is 9.47 Å². The molecular formula is C30H22O4. The van der Waals surface area contributed by atoms with Crippen molar-refractivity contribution in [3.05, 3.63) is 119 Å². The van der Waals surface area contributed by atoms with Gasteiger partial charge in [-0.2, -0.15) is 0 Å². The van der Waals surface area contributed by atoms with Gasteiger partial charge >= 0.3 is 11.9 Å². The average Bonchev–Trinajstić information content (AvgIpc) is 2.84. The van der Waals surface area contributed by atoms with Crippen LogP contribution in [-0.2, 0) is 0 Å². The third-order valence-electron chi connectivity index (χ3n) is 5.71. The number of carbonyl (C=O) groups is 2. The lowest BCUT2D eigenvalue weighted by Gasteiger charge is -2.08. The molecule has 0 fully saturated rings. The van der Waals surface area contributed by atoms with Crippen molar-refractivity contribution in [1.29, 1.82) is 0 Å².